The number of ether oxygens (including phenoxy) is 1. The van der Waals surface area contributed by atoms with Crippen LogP contribution in [0.25, 0.3) is 0 Å². The Morgan fingerprint density at radius 3 is 2.71 bits per heavy atom. The maximum absolute atomic E-state index is 10.2. The van der Waals surface area contributed by atoms with E-state index in [1.807, 2.05) is 0 Å². The average molecular weight is 297 g/mol. The molecule has 2 aliphatic heterocycles. The topological polar surface area (TPSA) is 41.5 Å². The molecule has 2 saturated heterocycles. The zero-order valence-electron chi connectivity index (χ0n) is 14.1. The zero-order chi connectivity index (χ0) is 15.1. The Labute approximate surface area is 130 Å². The van der Waals surface area contributed by atoms with Crippen molar-refractivity contribution in [2.45, 2.75) is 102 Å². The van der Waals surface area contributed by atoms with Crippen molar-refractivity contribution in [2.24, 2.45) is 5.92 Å². The number of piperidine rings is 1. The number of aliphatic hydroxyl groups is 1. The van der Waals surface area contributed by atoms with E-state index in [0.29, 0.717) is 0 Å². The van der Waals surface area contributed by atoms with E-state index in [1.165, 1.54) is 44.9 Å². The van der Waals surface area contributed by atoms with Crippen molar-refractivity contribution in [2.75, 3.05) is 6.54 Å². The molecule has 0 amide bonds. The average Bonchev–Trinajstić information content (AvgIpc) is 2.42. The third kappa shape index (κ3) is 5.88. The summed E-state index contributed by atoms with van der Waals surface area (Å²) in [5.41, 5.74) is -0.210. The van der Waals surface area contributed by atoms with Gasteiger partial charge >= 0.3 is 0 Å². The number of hydrogen-bond donors (Lipinski definition) is 2. The summed E-state index contributed by atoms with van der Waals surface area (Å²) in [6, 6.07) is 0. The molecule has 21 heavy (non-hydrogen) atoms. The summed E-state index contributed by atoms with van der Waals surface area (Å²) in [6.07, 6.45) is 12.9. The normalized spacial score (nSPS) is 33.7. The Morgan fingerprint density at radius 1 is 1.19 bits per heavy atom. The monoisotopic (exact) mass is 297 g/mol. The number of hydrogen-bond acceptors (Lipinski definition) is 3. The fourth-order valence-electron chi connectivity index (χ4n) is 3.85. The van der Waals surface area contributed by atoms with Gasteiger partial charge in [0.1, 0.15) is 5.72 Å². The van der Waals surface area contributed by atoms with Gasteiger partial charge in [-0.15, -0.1) is 0 Å². The van der Waals surface area contributed by atoms with Crippen LogP contribution in [0.4, 0.5) is 0 Å². The van der Waals surface area contributed by atoms with Gasteiger partial charge in [0.05, 0.1) is 12.2 Å². The maximum atomic E-state index is 10.2. The van der Waals surface area contributed by atoms with Gasteiger partial charge in [-0.05, 0) is 44.6 Å². The molecule has 0 saturated carbocycles. The largest absolute Gasteiger partial charge is 0.393 e. The van der Waals surface area contributed by atoms with Crippen LogP contribution in [-0.4, -0.2) is 29.6 Å². The summed E-state index contributed by atoms with van der Waals surface area (Å²) in [7, 11) is 0. The van der Waals surface area contributed by atoms with E-state index in [9.17, 15) is 5.11 Å². The smallest absolute Gasteiger partial charge is 0.122 e. The molecule has 2 heterocycles. The van der Waals surface area contributed by atoms with Crippen molar-refractivity contribution in [1.29, 1.82) is 0 Å². The highest BCUT2D eigenvalue weighted by molar-refractivity contribution is 4.90. The van der Waals surface area contributed by atoms with Gasteiger partial charge in [0.15, 0.2) is 0 Å². The molecule has 2 aliphatic rings. The first kappa shape index (κ1) is 17.2. The van der Waals surface area contributed by atoms with Gasteiger partial charge in [-0.1, -0.05) is 46.0 Å². The van der Waals surface area contributed by atoms with Crippen molar-refractivity contribution in [3.05, 3.63) is 0 Å². The van der Waals surface area contributed by atoms with Gasteiger partial charge in [-0.3, -0.25) is 5.32 Å². The molecule has 0 radical (unpaired) electrons. The first-order valence-corrected chi connectivity index (χ1v) is 9.20. The van der Waals surface area contributed by atoms with Crippen LogP contribution in [0.1, 0.15) is 84.5 Å². The second-order valence-electron chi connectivity index (χ2n) is 7.60. The molecule has 0 aromatic rings. The minimum Gasteiger partial charge on any atom is -0.393 e. The van der Waals surface area contributed by atoms with Crippen LogP contribution in [-0.2, 0) is 4.74 Å². The van der Waals surface area contributed by atoms with E-state index in [2.05, 4.69) is 19.2 Å². The highest BCUT2D eigenvalue weighted by atomic mass is 16.5. The molecular weight excluding hydrogens is 262 g/mol. The fourth-order valence-corrected chi connectivity index (χ4v) is 3.85. The van der Waals surface area contributed by atoms with Gasteiger partial charge in [0.25, 0.3) is 0 Å². The van der Waals surface area contributed by atoms with Gasteiger partial charge in [0, 0.05) is 6.42 Å². The lowest BCUT2D eigenvalue weighted by Crippen LogP contribution is -2.57. The van der Waals surface area contributed by atoms with Gasteiger partial charge in [0.2, 0.25) is 0 Å². The number of nitrogens with one attached hydrogen (secondary N) is 1. The summed E-state index contributed by atoms with van der Waals surface area (Å²) in [6.45, 7) is 5.64. The van der Waals surface area contributed by atoms with Crippen LogP contribution in [0.3, 0.4) is 0 Å². The maximum Gasteiger partial charge on any atom is 0.122 e. The quantitative estimate of drug-likeness (QED) is 0.698. The lowest BCUT2D eigenvalue weighted by atomic mass is 9.88. The molecule has 0 aromatic heterocycles. The third-order valence-corrected chi connectivity index (χ3v) is 5.00. The molecule has 3 atom stereocenters. The van der Waals surface area contributed by atoms with E-state index in [4.69, 9.17) is 4.74 Å². The Morgan fingerprint density at radius 2 is 2.00 bits per heavy atom. The van der Waals surface area contributed by atoms with Gasteiger partial charge in [-0.2, -0.15) is 0 Å². The summed E-state index contributed by atoms with van der Waals surface area (Å²) < 4.78 is 6.36. The Bertz CT molecular complexity index is 287. The molecular formula is C18H35NO2. The lowest BCUT2D eigenvalue weighted by molar-refractivity contribution is -0.189. The lowest BCUT2D eigenvalue weighted by Gasteiger charge is -2.46. The standard InChI is InChI=1S/C18H35NO2/c1-15(2)9-5-3-4-6-10-17-13-16(20)14-18(21-17)11-7-8-12-19-18/h15-17,19-20H,3-14H2,1-2H3. The highest BCUT2D eigenvalue weighted by Crippen LogP contribution is 2.35. The van der Waals surface area contributed by atoms with Crippen molar-refractivity contribution in [3.8, 4) is 0 Å². The molecule has 0 aliphatic carbocycles. The SMILES string of the molecule is CC(C)CCCCCCC1CC(O)CC2(CCCCN2)O1. The molecule has 0 aromatic carbocycles. The van der Waals surface area contributed by atoms with Crippen LogP contribution < -0.4 is 5.32 Å². The van der Waals surface area contributed by atoms with Crippen LogP contribution in [0.15, 0.2) is 0 Å². The van der Waals surface area contributed by atoms with E-state index >= 15 is 0 Å². The van der Waals surface area contributed by atoms with Crippen LogP contribution in [0.5, 0.6) is 0 Å². The molecule has 1 spiro atoms. The Kier molecular flexibility index (Phi) is 6.97. The molecule has 124 valence electrons. The van der Waals surface area contributed by atoms with Crippen molar-refractivity contribution >= 4 is 0 Å². The van der Waals surface area contributed by atoms with E-state index < -0.39 is 0 Å². The molecule has 2 fully saturated rings. The van der Waals surface area contributed by atoms with E-state index in [-0.39, 0.29) is 17.9 Å². The third-order valence-electron chi connectivity index (χ3n) is 5.00. The minimum absolute atomic E-state index is 0.185. The highest BCUT2D eigenvalue weighted by Gasteiger charge is 2.41. The number of rotatable bonds is 7. The molecule has 3 unspecified atom stereocenters. The van der Waals surface area contributed by atoms with Crippen molar-refractivity contribution in [3.63, 3.8) is 0 Å². The Balaban J connectivity index is 1.65. The zero-order valence-corrected chi connectivity index (χ0v) is 14.1. The summed E-state index contributed by atoms with van der Waals surface area (Å²) >= 11 is 0. The summed E-state index contributed by atoms with van der Waals surface area (Å²) in [4.78, 5) is 0. The Hall–Kier alpha value is -0.120. The van der Waals surface area contributed by atoms with E-state index in [1.54, 1.807) is 0 Å². The van der Waals surface area contributed by atoms with E-state index in [0.717, 1.165) is 38.1 Å². The second-order valence-corrected chi connectivity index (χ2v) is 7.60. The molecule has 0 bridgehead atoms. The first-order chi connectivity index (χ1) is 10.1. The fraction of sp³-hybridized carbons (Fsp3) is 1.00. The van der Waals surface area contributed by atoms with Crippen LogP contribution >= 0.6 is 0 Å². The van der Waals surface area contributed by atoms with Gasteiger partial charge < -0.3 is 9.84 Å². The predicted octanol–water partition coefficient (Wildman–Crippen LogP) is 3.99. The summed E-state index contributed by atoms with van der Waals surface area (Å²) in [5.74, 6) is 0.832. The van der Waals surface area contributed by atoms with Crippen molar-refractivity contribution in [1.82, 2.24) is 5.32 Å². The molecule has 2 N–H and O–H groups in total. The van der Waals surface area contributed by atoms with Crippen molar-refractivity contribution < 1.29 is 9.84 Å². The van der Waals surface area contributed by atoms with Gasteiger partial charge in [-0.25, -0.2) is 0 Å². The first-order valence-electron chi connectivity index (χ1n) is 9.20. The molecule has 3 heteroatoms. The predicted molar refractivity (Wildman–Crippen MR) is 87.2 cm³/mol. The number of aliphatic hydroxyl groups excluding tert-OH is 1. The second kappa shape index (κ2) is 8.50. The molecule has 3 nitrogen and oxygen atoms in total. The van der Waals surface area contributed by atoms with Crippen LogP contribution in [0, 0.1) is 5.92 Å². The minimum atomic E-state index is -0.210. The molecule has 2 rings (SSSR count). The number of unbranched alkanes of at least 4 members (excludes halogenated alkanes) is 3. The summed E-state index contributed by atoms with van der Waals surface area (Å²) in [5, 5.41) is 13.7. The van der Waals surface area contributed by atoms with Crippen LogP contribution in [0.2, 0.25) is 0 Å².